The minimum Gasteiger partial charge on any atom is -0.295 e. The summed E-state index contributed by atoms with van der Waals surface area (Å²) in [4.78, 5) is 0. The Bertz CT molecular complexity index is 3080. The Labute approximate surface area is 385 Å². The van der Waals surface area contributed by atoms with E-state index >= 15 is 9.13 Å². The molecule has 0 fully saturated rings. The fourth-order valence-electron chi connectivity index (χ4n) is 10.5. The molecule has 2 aliphatic rings. The lowest BCUT2D eigenvalue weighted by molar-refractivity contribution is 0.567. The Hall–Kier alpha value is -6.18. The molecule has 324 valence electrons. The van der Waals surface area contributed by atoms with E-state index in [2.05, 4.69) is 196 Å². The highest BCUT2D eigenvalue weighted by molar-refractivity contribution is 7.74. The molecule has 2 aliphatic heterocycles. The molecular formula is C59H56N2O2P2. The van der Waals surface area contributed by atoms with Crippen molar-refractivity contribution in [2.75, 3.05) is 15.5 Å². The van der Waals surface area contributed by atoms with Gasteiger partial charge in [0.1, 0.15) is 0 Å². The molecule has 0 amide bonds. The number of fused-ring (bicyclic) bond motifs is 2. The van der Waals surface area contributed by atoms with Crippen molar-refractivity contribution in [1.29, 1.82) is 0 Å². The van der Waals surface area contributed by atoms with Gasteiger partial charge in [-0.3, -0.25) is 18.5 Å². The highest BCUT2D eigenvalue weighted by Crippen LogP contribution is 2.69. The van der Waals surface area contributed by atoms with E-state index in [0.717, 1.165) is 62.9 Å². The molecule has 0 spiro atoms. The van der Waals surface area contributed by atoms with E-state index in [9.17, 15) is 0 Å². The van der Waals surface area contributed by atoms with Crippen LogP contribution in [0.5, 0.6) is 0 Å². The van der Waals surface area contributed by atoms with Crippen molar-refractivity contribution < 1.29 is 9.13 Å². The predicted molar refractivity (Wildman–Crippen MR) is 275 cm³/mol. The molecule has 0 aromatic heterocycles. The highest BCUT2D eigenvalue weighted by atomic mass is 31.2. The number of aryl methyl sites for hydroxylation is 5. The molecule has 5 unspecified atom stereocenters. The van der Waals surface area contributed by atoms with Crippen LogP contribution in [0, 0.1) is 27.7 Å². The molecule has 0 aliphatic carbocycles. The van der Waals surface area contributed by atoms with Gasteiger partial charge in [-0.15, -0.1) is 0 Å². The summed E-state index contributed by atoms with van der Waals surface area (Å²) in [6.07, 6.45) is 2.08. The smallest absolute Gasteiger partial charge is 0.212 e. The third-order valence-corrected chi connectivity index (χ3v) is 20.9. The van der Waals surface area contributed by atoms with Gasteiger partial charge in [-0.2, -0.15) is 0 Å². The summed E-state index contributed by atoms with van der Waals surface area (Å²) in [5.74, 6) is 0.165. The molecule has 0 saturated heterocycles. The molecule has 0 bridgehead atoms. The number of para-hydroxylation sites is 2. The van der Waals surface area contributed by atoms with Gasteiger partial charge >= 0.3 is 0 Å². The summed E-state index contributed by atoms with van der Waals surface area (Å²) in [7, 11) is -6.74. The third kappa shape index (κ3) is 7.61. The van der Waals surface area contributed by atoms with Gasteiger partial charge in [0.25, 0.3) is 0 Å². The fraction of sp³-hybridized carbons (Fsp3) is 0.186. The Morgan fingerprint density at radius 1 is 0.477 bits per heavy atom. The second kappa shape index (κ2) is 17.3. The number of anilines is 4. The zero-order chi connectivity index (χ0) is 44.9. The van der Waals surface area contributed by atoms with Gasteiger partial charge in [-0.1, -0.05) is 140 Å². The van der Waals surface area contributed by atoms with Gasteiger partial charge in [0.2, 0.25) is 14.6 Å². The number of hydrogen-bond acceptors (Lipinski definition) is 2. The van der Waals surface area contributed by atoms with E-state index in [1.165, 1.54) is 38.9 Å². The standard InChI is InChI=1S/C59H56N2O2P2/c1-41-36-50-30-35-59(49-20-12-7-13-21-49)65(63,61(57(50)38-43(41)3)52-24-16-9-17-25-52)54-33-28-47(29-34-54)46-26-31-53(32-27-46)64(62)40-56(48-18-10-6-11-19-48)45(5)55-37-42(2)44(4)39-58(55)60(64)51-22-14-8-15-23-51/h6-29,31-34,36-39,45,56,59H,30,35,40H2,1-5H3. The van der Waals surface area contributed by atoms with Gasteiger partial charge in [0.05, 0.1) is 17.0 Å². The van der Waals surface area contributed by atoms with Crippen LogP contribution in [0.3, 0.4) is 0 Å². The lowest BCUT2D eigenvalue weighted by Gasteiger charge is -2.38. The summed E-state index contributed by atoms with van der Waals surface area (Å²) in [6.45, 7) is 11.0. The average Bonchev–Trinajstić information content (AvgIpc) is 3.52. The quantitative estimate of drug-likeness (QED) is 0.150. The zero-order valence-electron chi connectivity index (χ0n) is 37.9. The first-order valence-corrected chi connectivity index (χ1v) is 26.5. The maximum atomic E-state index is 16.7. The topological polar surface area (TPSA) is 40.6 Å². The highest BCUT2D eigenvalue weighted by Gasteiger charge is 2.46. The summed E-state index contributed by atoms with van der Waals surface area (Å²) in [5, 5.41) is 1.66. The maximum absolute atomic E-state index is 16.7. The van der Waals surface area contributed by atoms with Crippen LogP contribution < -0.4 is 19.9 Å². The van der Waals surface area contributed by atoms with Gasteiger partial charge in [-0.05, 0) is 169 Å². The molecule has 8 aromatic carbocycles. The van der Waals surface area contributed by atoms with Crippen molar-refractivity contribution in [3.63, 3.8) is 0 Å². The molecule has 0 radical (unpaired) electrons. The van der Waals surface area contributed by atoms with Crippen LogP contribution in [-0.2, 0) is 15.6 Å². The third-order valence-electron chi connectivity index (χ3n) is 14.3. The predicted octanol–water partition coefficient (Wildman–Crippen LogP) is 15.7. The molecular weight excluding hydrogens is 831 g/mol. The van der Waals surface area contributed by atoms with Crippen LogP contribution in [0.2, 0.25) is 0 Å². The van der Waals surface area contributed by atoms with Crippen LogP contribution >= 0.6 is 14.6 Å². The molecule has 2 heterocycles. The Morgan fingerprint density at radius 2 is 0.938 bits per heavy atom. The van der Waals surface area contributed by atoms with Crippen molar-refractivity contribution in [2.45, 2.75) is 65.0 Å². The second-order valence-electron chi connectivity index (χ2n) is 18.2. The Morgan fingerprint density at radius 3 is 1.51 bits per heavy atom. The SMILES string of the molecule is Cc1cc2c(cc1C)N(c1ccccc1)P(=O)(c1ccc(-c3ccc(P4(=O)CC(c5ccccc5)C(C)c5cc(C)c(C)cc5N4c4ccccc4)cc3)cc1)C(c1ccccc1)CC2. The lowest BCUT2D eigenvalue weighted by Crippen LogP contribution is -2.25. The average molecular weight is 887 g/mol. The summed E-state index contributed by atoms with van der Waals surface area (Å²) >= 11 is 0. The van der Waals surface area contributed by atoms with Crippen molar-refractivity contribution in [1.82, 2.24) is 0 Å². The van der Waals surface area contributed by atoms with E-state index in [0.29, 0.717) is 6.16 Å². The normalized spacial score (nSPS) is 21.8. The van der Waals surface area contributed by atoms with Crippen molar-refractivity contribution in [3.8, 4) is 11.1 Å². The maximum Gasteiger partial charge on any atom is 0.212 e. The number of rotatable bonds is 7. The van der Waals surface area contributed by atoms with E-state index in [1.807, 2.05) is 42.5 Å². The van der Waals surface area contributed by atoms with Gasteiger partial charge in [0, 0.05) is 28.1 Å². The zero-order valence-corrected chi connectivity index (χ0v) is 39.7. The Kier molecular flexibility index (Phi) is 11.4. The fourth-order valence-corrected chi connectivity index (χ4v) is 17.3. The second-order valence-corrected chi connectivity index (χ2v) is 23.7. The van der Waals surface area contributed by atoms with E-state index in [1.54, 1.807) is 0 Å². The van der Waals surface area contributed by atoms with Crippen LogP contribution in [0.1, 0.15) is 75.3 Å². The van der Waals surface area contributed by atoms with Crippen LogP contribution in [0.15, 0.2) is 194 Å². The van der Waals surface area contributed by atoms with Crippen molar-refractivity contribution in [3.05, 3.63) is 239 Å². The number of hydrogen-bond donors (Lipinski definition) is 0. The van der Waals surface area contributed by atoms with Crippen LogP contribution in [-0.4, -0.2) is 6.16 Å². The summed E-state index contributed by atoms with van der Waals surface area (Å²) in [5.41, 5.74) is 15.3. The molecule has 10 rings (SSSR count). The van der Waals surface area contributed by atoms with E-state index < -0.39 is 14.6 Å². The minimum absolute atomic E-state index is 0.0330. The molecule has 4 nitrogen and oxygen atoms in total. The summed E-state index contributed by atoms with van der Waals surface area (Å²) in [6, 6.07) is 67.7. The van der Waals surface area contributed by atoms with Crippen LogP contribution in [0.25, 0.3) is 11.1 Å². The van der Waals surface area contributed by atoms with Gasteiger partial charge in [-0.25, -0.2) is 0 Å². The van der Waals surface area contributed by atoms with Crippen LogP contribution in [0.4, 0.5) is 22.7 Å². The molecule has 0 N–H and O–H groups in total. The van der Waals surface area contributed by atoms with Crippen molar-refractivity contribution >= 4 is 47.9 Å². The lowest BCUT2D eigenvalue weighted by atomic mass is 9.82. The first-order valence-electron chi connectivity index (χ1n) is 23.0. The molecule has 0 saturated carbocycles. The molecule has 6 heteroatoms. The van der Waals surface area contributed by atoms with Gasteiger partial charge in [0.15, 0.2) is 0 Å². The molecule has 5 atom stereocenters. The molecule has 8 aromatic rings. The van der Waals surface area contributed by atoms with Gasteiger partial charge < -0.3 is 0 Å². The summed E-state index contributed by atoms with van der Waals surface area (Å²) < 4.78 is 37.6. The molecule has 65 heavy (non-hydrogen) atoms. The minimum atomic E-state index is -3.41. The monoisotopic (exact) mass is 886 g/mol. The number of nitrogens with zero attached hydrogens (tertiary/aromatic N) is 2. The first kappa shape index (κ1) is 42.8. The Balaban J connectivity index is 1.08. The first-order chi connectivity index (χ1) is 31.5. The largest absolute Gasteiger partial charge is 0.295 e. The number of benzene rings is 8. The van der Waals surface area contributed by atoms with E-state index in [4.69, 9.17) is 0 Å². The van der Waals surface area contributed by atoms with E-state index in [-0.39, 0.29) is 17.5 Å². The van der Waals surface area contributed by atoms with Crippen molar-refractivity contribution in [2.24, 2.45) is 0 Å².